The zero-order valence-electron chi connectivity index (χ0n) is 19.2. The molecule has 0 amide bonds. The van der Waals surface area contributed by atoms with E-state index in [1.165, 1.54) is 16.0 Å². The van der Waals surface area contributed by atoms with Gasteiger partial charge in [-0.2, -0.15) is 5.26 Å². The molecule has 2 rings (SSSR count). The van der Waals surface area contributed by atoms with E-state index in [1.807, 2.05) is 13.0 Å². The Balaban J connectivity index is 2.12. The zero-order chi connectivity index (χ0) is 22.9. The summed E-state index contributed by atoms with van der Waals surface area (Å²) in [5.41, 5.74) is 3.32. The van der Waals surface area contributed by atoms with Gasteiger partial charge < -0.3 is 4.74 Å². The fourth-order valence-corrected chi connectivity index (χ4v) is 4.79. The molecule has 2 aromatic rings. The van der Waals surface area contributed by atoms with Crippen molar-refractivity contribution in [1.82, 2.24) is 5.32 Å². The molecule has 0 fully saturated rings. The molecule has 0 aromatic heterocycles. The number of aryl methyl sites for hydroxylation is 1. The van der Waals surface area contributed by atoms with E-state index in [4.69, 9.17) is 16.3 Å². The van der Waals surface area contributed by atoms with Gasteiger partial charge in [0.2, 0.25) is 0 Å². The molecule has 0 aliphatic carbocycles. The van der Waals surface area contributed by atoms with Gasteiger partial charge in [-0.15, -0.1) is 0 Å². The second-order valence-electron chi connectivity index (χ2n) is 7.85. The summed E-state index contributed by atoms with van der Waals surface area (Å²) in [6, 6.07) is 17.2. The molecule has 166 valence electrons. The number of hydrogen-bond acceptors (Lipinski definition) is 4. The fourth-order valence-electron chi connectivity index (χ4n) is 3.53. The first-order valence-corrected chi connectivity index (χ1v) is 11.9. The lowest BCUT2D eigenvalue weighted by molar-refractivity contribution is 0.0522. The van der Waals surface area contributed by atoms with Crippen LogP contribution in [-0.4, -0.2) is 18.9 Å². The standard InChI is InChI=1S/C26H33ClN2OS/c1-6-19(3)22-9-8-10-23(17-22)31-24-12-11-21(25(27)18-24)13-14-26(7-2,15-16-28)29-20(4)30-5/h6,8-12,17-18,20,29H,7,13-15H2,1-5H3/b19-6+. The minimum atomic E-state index is -0.286. The molecule has 0 saturated carbocycles. The van der Waals surface area contributed by atoms with Crippen molar-refractivity contribution in [3.05, 3.63) is 64.7 Å². The lowest BCUT2D eigenvalue weighted by Gasteiger charge is -2.34. The highest BCUT2D eigenvalue weighted by Crippen LogP contribution is 2.33. The van der Waals surface area contributed by atoms with Crippen LogP contribution in [0, 0.1) is 11.3 Å². The molecule has 0 saturated heterocycles. The molecule has 0 spiro atoms. The first-order chi connectivity index (χ1) is 14.9. The van der Waals surface area contributed by atoms with Crippen LogP contribution in [0.3, 0.4) is 0 Å². The third-order valence-electron chi connectivity index (χ3n) is 5.81. The average molecular weight is 457 g/mol. The molecule has 0 radical (unpaired) electrons. The number of rotatable bonds is 11. The van der Waals surface area contributed by atoms with Crippen molar-refractivity contribution in [3.63, 3.8) is 0 Å². The molecule has 31 heavy (non-hydrogen) atoms. The summed E-state index contributed by atoms with van der Waals surface area (Å²) in [6.07, 6.45) is 4.93. The Morgan fingerprint density at radius 1 is 1.29 bits per heavy atom. The average Bonchev–Trinajstić information content (AvgIpc) is 2.78. The highest BCUT2D eigenvalue weighted by molar-refractivity contribution is 7.99. The monoisotopic (exact) mass is 456 g/mol. The molecule has 1 N–H and O–H groups in total. The summed E-state index contributed by atoms with van der Waals surface area (Å²) in [5.74, 6) is 0. The predicted octanol–water partition coefficient (Wildman–Crippen LogP) is 7.49. The minimum absolute atomic E-state index is 0.107. The van der Waals surface area contributed by atoms with Crippen LogP contribution in [0.4, 0.5) is 0 Å². The van der Waals surface area contributed by atoms with Gasteiger partial charge >= 0.3 is 0 Å². The van der Waals surface area contributed by atoms with E-state index in [0.29, 0.717) is 6.42 Å². The predicted molar refractivity (Wildman–Crippen MR) is 133 cm³/mol. The number of nitrogens with one attached hydrogen (secondary N) is 1. The summed E-state index contributed by atoms with van der Waals surface area (Å²) < 4.78 is 5.38. The van der Waals surface area contributed by atoms with E-state index in [1.54, 1.807) is 18.9 Å². The van der Waals surface area contributed by atoms with E-state index in [0.717, 1.165) is 34.7 Å². The van der Waals surface area contributed by atoms with Crippen LogP contribution in [0.1, 0.15) is 58.1 Å². The number of nitriles is 1. The minimum Gasteiger partial charge on any atom is -0.367 e. The SMILES string of the molecule is C/C=C(\C)c1cccc(Sc2ccc(CCC(CC)(CC#N)NC(C)OC)c(Cl)c2)c1. The number of hydrogen-bond donors (Lipinski definition) is 1. The Kier molecular flexibility index (Phi) is 10.1. The van der Waals surface area contributed by atoms with Crippen LogP contribution in [-0.2, 0) is 11.2 Å². The number of allylic oxidation sites excluding steroid dienone is 2. The van der Waals surface area contributed by atoms with Gasteiger partial charge in [-0.1, -0.05) is 54.6 Å². The van der Waals surface area contributed by atoms with Crippen molar-refractivity contribution in [1.29, 1.82) is 5.26 Å². The molecule has 5 heteroatoms. The van der Waals surface area contributed by atoms with Gasteiger partial charge in [0.15, 0.2) is 0 Å². The molecule has 2 aromatic carbocycles. The second kappa shape index (κ2) is 12.3. The maximum atomic E-state index is 9.35. The third-order valence-corrected chi connectivity index (χ3v) is 7.14. The summed E-state index contributed by atoms with van der Waals surface area (Å²) in [6.45, 7) is 8.26. The smallest absolute Gasteiger partial charge is 0.105 e. The second-order valence-corrected chi connectivity index (χ2v) is 9.40. The molecule has 0 aliphatic heterocycles. The van der Waals surface area contributed by atoms with E-state index in [-0.39, 0.29) is 11.8 Å². The number of nitrogens with zero attached hydrogens (tertiary/aromatic N) is 1. The maximum Gasteiger partial charge on any atom is 0.105 e. The third kappa shape index (κ3) is 7.40. The largest absolute Gasteiger partial charge is 0.367 e. The van der Waals surface area contributed by atoms with Crippen molar-refractivity contribution in [2.24, 2.45) is 0 Å². The van der Waals surface area contributed by atoms with E-state index in [2.05, 4.69) is 74.6 Å². The van der Waals surface area contributed by atoms with Crippen LogP contribution in [0.25, 0.3) is 5.57 Å². The highest BCUT2D eigenvalue weighted by Gasteiger charge is 2.29. The molecule has 0 bridgehead atoms. The van der Waals surface area contributed by atoms with Gasteiger partial charge in [0.1, 0.15) is 6.23 Å². The van der Waals surface area contributed by atoms with Crippen molar-refractivity contribution in [3.8, 4) is 6.07 Å². The zero-order valence-corrected chi connectivity index (χ0v) is 20.7. The Bertz CT molecular complexity index is 937. The summed E-state index contributed by atoms with van der Waals surface area (Å²) in [4.78, 5) is 2.31. The highest BCUT2D eigenvalue weighted by atomic mass is 35.5. The van der Waals surface area contributed by atoms with Crippen LogP contribution in [0.2, 0.25) is 5.02 Å². The van der Waals surface area contributed by atoms with Crippen LogP contribution < -0.4 is 5.32 Å². The van der Waals surface area contributed by atoms with Gasteiger partial charge in [-0.3, -0.25) is 5.32 Å². The molecule has 2 unspecified atom stereocenters. The quantitative estimate of drug-likeness (QED) is 0.355. The first-order valence-electron chi connectivity index (χ1n) is 10.7. The maximum absolute atomic E-state index is 9.35. The van der Waals surface area contributed by atoms with Gasteiger partial charge in [-0.25, -0.2) is 0 Å². The molecular weight excluding hydrogens is 424 g/mol. The van der Waals surface area contributed by atoms with E-state index < -0.39 is 0 Å². The Morgan fingerprint density at radius 2 is 2.03 bits per heavy atom. The molecule has 2 atom stereocenters. The van der Waals surface area contributed by atoms with Gasteiger partial charge in [0.05, 0.1) is 12.5 Å². The van der Waals surface area contributed by atoms with Gasteiger partial charge in [-0.05, 0) is 81.0 Å². The summed E-state index contributed by atoms with van der Waals surface area (Å²) >= 11 is 8.37. The van der Waals surface area contributed by atoms with Gasteiger partial charge in [0, 0.05) is 27.5 Å². The number of benzene rings is 2. The van der Waals surface area contributed by atoms with Crippen LogP contribution >= 0.6 is 23.4 Å². The normalized spacial score (nSPS) is 14.7. The fraction of sp³-hybridized carbons (Fsp3) is 0.423. The van der Waals surface area contributed by atoms with Crippen LogP contribution in [0.15, 0.2) is 58.3 Å². The van der Waals surface area contributed by atoms with E-state index >= 15 is 0 Å². The number of ether oxygens (including phenoxy) is 1. The first kappa shape index (κ1) is 25.5. The lowest BCUT2D eigenvalue weighted by Crippen LogP contribution is -2.49. The molecule has 0 aliphatic rings. The Hall–Kier alpha value is -1.77. The topological polar surface area (TPSA) is 45.0 Å². The Labute approximate surface area is 196 Å². The molecular formula is C26H33ClN2OS. The summed E-state index contributed by atoms with van der Waals surface area (Å²) in [5, 5.41) is 13.6. The summed E-state index contributed by atoms with van der Waals surface area (Å²) in [7, 11) is 1.67. The molecule has 0 heterocycles. The number of methoxy groups -OCH3 is 1. The molecule has 3 nitrogen and oxygen atoms in total. The Morgan fingerprint density at radius 3 is 2.65 bits per heavy atom. The van der Waals surface area contributed by atoms with Gasteiger partial charge in [0.25, 0.3) is 0 Å². The van der Waals surface area contributed by atoms with Crippen molar-refractivity contribution >= 4 is 28.9 Å². The van der Waals surface area contributed by atoms with Crippen molar-refractivity contribution in [2.45, 2.75) is 74.9 Å². The lowest BCUT2D eigenvalue weighted by atomic mass is 9.85. The van der Waals surface area contributed by atoms with Crippen molar-refractivity contribution in [2.75, 3.05) is 7.11 Å². The van der Waals surface area contributed by atoms with E-state index in [9.17, 15) is 5.26 Å². The number of halogens is 1. The van der Waals surface area contributed by atoms with Crippen molar-refractivity contribution < 1.29 is 4.74 Å². The van der Waals surface area contributed by atoms with Crippen LogP contribution in [0.5, 0.6) is 0 Å².